The van der Waals surface area contributed by atoms with Crippen molar-refractivity contribution in [2.24, 2.45) is 0 Å². The van der Waals surface area contributed by atoms with E-state index in [4.69, 9.17) is 19.7 Å². The van der Waals surface area contributed by atoms with Gasteiger partial charge < -0.3 is 4.74 Å². The second-order valence-electron chi connectivity index (χ2n) is 15.9. The van der Waals surface area contributed by atoms with Gasteiger partial charge in [0.1, 0.15) is 11.5 Å². The van der Waals surface area contributed by atoms with Gasteiger partial charge >= 0.3 is 0 Å². The molecule has 0 radical (unpaired) electrons. The molecule has 2 aliphatic carbocycles. The van der Waals surface area contributed by atoms with Crippen molar-refractivity contribution in [1.82, 2.24) is 24.9 Å². The summed E-state index contributed by atoms with van der Waals surface area (Å²) in [5.41, 5.74) is 16.4. The molecule has 0 fully saturated rings. The third-order valence-electron chi connectivity index (χ3n) is 12.4. The fourth-order valence-corrected chi connectivity index (χ4v) is 9.67. The van der Waals surface area contributed by atoms with Crippen LogP contribution in [0, 0.1) is 0 Å². The molecule has 0 atom stereocenters. The molecule has 0 N–H and O–H groups in total. The molecule has 1 spiro atoms. The molecule has 12 rings (SSSR count). The Morgan fingerprint density at radius 2 is 0.984 bits per heavy atom. The van der Waals surface area contributed by atoms with Crippen LogP contribution in [0.15, 0.2) is 201 Å². The number of nitrogens with zero attached hydrogens (tertiary/aromatic N) is 5. The maximum Gasteiger partial charge on any atom is 0.164 e. The number of hydrogen-bond donors (Lipinski definition) is 0. The van der Waals surface area contributed by atoms with Gasteiger partial charge in [-0.1, -0.05) is 127 Å². The van der Waals surface area contributed by atoms with Gasteiger partial charge in [-0.25, -0.2) is 15.0 Å². The van der Waals surface area contributed by atoms with Crippen LogP contribution in [-0.4, -0.2) is 24.9 Å². The van der Waals surface area contributed by atoms with Crippen molar-refractivity contribution in [2.75, 3.05) is 0 Å². The monoisotopic (exact) mass is 795 g/mol. The lowest BCUT2D eigenvalue weighted by Crippen LogP contribution is -2.32. The number of rotatable bonds is 6. The smallest absolute Gasteiger partial charge is 0.164 e. The third kappa shape index (κ3) is 5.68. The zero-order chi connectivity index (χ0) is 41.0. The Balaban J connectivity index is 1.15. The molecule has 1 aliphatic heterocycles. The van der Waals surface area contributed by atoms with E-state index < -0.39 is 5.41 Å². The van der Waals surface area contributed by atoms with Crippen molar-refractivity contribution in [2.45, 2.75) is 18.3 Å². The van der Waals surface area contributed by atoms with Crippen LogP contribution in [0.4, 0.5) is 0 Å². The molecule has 4 aromatic heterocycles. The van der Waals surface area contributed by atoms with Crippen LogP contribution in [0.5, 0.6) is 11.5 Å². The fourth-order valence-electron chi connectivity index (χ4n) is 9.67. The number of para-hydroxylation sites is 2. The predicted molar refractivity (Wildman–Crippen MR) is 246 cm³/mol. The van der Waals surface area contributed by atoms with E-state index in [1.54, 1.807) is 12.4 Å². The molecular weight excluding hydrogens is 759 g/mol. The van der Waals surface area contributed by atoms with E-state index in [1.807, 2.05) is 42.7 Å². The summed E-state index contributed by atoms with van der Waals surface area (Å²) in [6.07, 6.45) is 15.7. The van der Waals surface area contributed by atoms with Crippen molar-refractivity contribution >= 4 is 5.57 Å². The lowest BCUT2D eigenvalue weighted by Gasteiger charge is -2.40. The van der Waals surface area contributed by atoms with E-state index in [0.29, 0.717) is 5.82 Å². The van der Waals surface area contributed by atoms with Gasteiger partial charge in [-0.05, 0) is 94.8 Å². The molecule has 6 heteroatoms. The zero-order valence-corrected chi connectivity index (χ0v) is 33.6. The van der Waals surface area contributed by atoms with E-state index in [2.05, 4.69) is 156 Å². The minimum atomic E-state index is -0.718. The molecule has 5 heterocycles. The Morgan fingerprint density at radius 1 is 0.435 bits per heavy atom. The van der Waals surface area contributed by atoms with Crippen molar-refractivity contribution in [3.8, 4) is 78.9 Å². The first-order valence-electron chi connectivity index (χ1n) is 21.0. The van der Waals surface area contributed by atoms with Gasteiger partial charge in [-0.15, -0.1) is 0 Å². The second kappa shape index (κ2) is 14.6. The summed E-state index contributed by atoms with van der Waals surface area (Å²) in [6.45, 7) is 0. The molecule has 6 nitrogen and oxygen atoms in total. The molecule has 292 valence electrons. The highest BCUT2D eigenvalue weighted by atomic mass is 16.5. The summed E-state index contributed by atoms with van der Waals surface area (Å²) in [6, 6.07) is 55.5. The average Bonchev–Trinajstić information content (AvgIpc) is 3.65. The van der Waals surface area contributed by atoms with E-state index in [1.165, 1.54) is 27.8 Å². The zero-order valence-electron chi connectivity index (χ0n) is 33.6. The SMILES string of the molecule is C1=CCCC(c2cc(-c3ccccc3)nc(-c3cccc4c3Oc3c(-c5cc(-c6cccnc6)nc(-c6cccnc6)c5)cccc3C43c4ccccc4-c4ccccc43)n2)=C1. The Hall–Kier alpha value is -8.09. The van der Waals surface area contributed by atoms with Crippen LogP contribution in [0.3, 0.4) is 0 Å². The molecule has 0 unspecified atom stereocenters. The number of ether oxygens (including phenoxy) is 1. The molecule has 5 aromatic carbocycles. The molecule has 0 saturated heterocycles. The highest BCUT2D eigenvalue weighted by Gasteiger charge is 2.52. The van der Waals surface area contributed by atoms with Gasteiger partial charge in [0.25, 0.3) is 0 Å². The number of benzene rings is 5. The molecule has 9 aromatic rings. The van der Waals surface area contributed by atoms with Gasteiger partial charge in [0.05, 0.1) is 33.8 Å². The van der Waals surface area contributed by atoms with Gasteiger partial charge in [-0.3, -0.25) is 9.97 Å². The second-order valence-corrected chi connectivity index (χ2v) is 15.9. The Kier molecular flexibility index (Phi) is 8.42. The molecule has 0 bridgehead atoms. The Labute approximate surface area is 359 Å². The van der Waals surface area contributed by atoms with Crippen LogP contribution in [0.25, 0.3) is 73.0 Å². The van der Waals surface area contributed by atoms with Gasteiger partial charge in [0.15, 0.2) is 5.82 Å². The summed E-state index contributed by atoms with van der Waals surface area (Å²) in [7, 11) is 0. The topological polar surface area (TPSA) is 73.7 Å². The van der Waals surface area contributed by atoms with Crippen molar-refractivity contribution in [3.05, 3.63) is 229 Å². The largest absolute Gasteiger partial charge is 0.455 e. The molecule has 3 aliphatic rings. The fraction of sp³-hybridized carbons (Fsp3) is 0.0536. The first-order chi connectivity index (χ1) is 30.7. The standard InChI is InChI=1S/C56H37N5O/c1-3-15-36(16-4-1)51-33-52(37-17-5-2-6-18-37)61-55(60-51)44-24-12-28-48-54(44)62-53-41(40-31-49(38-19-13-29-57-34-38)59-50(32-40)39-20-14-30-58-35-39)23-11-27-47(53)56(48)45-25-9-7-21-42(45)43-22-8-10-26-46(43)56/h1-5,7-17,19-35H,6,18H2. The first kappa shape index (κ1) is 35.8. The predicted octanol–water partition coefficient (Wildman–Crippen LogP) is 13.2. The van der Waals surface area contributed by atoms with Crippen LogP contribution >= 0.6 is 0 Å². The highest BCUT2D eigenvalue weighted by molar-refractivity contribution is 5.92. The molecule has 62 heavy (non-hydrogen) atoms. The summed E-state index contributed by atoms with van der Waals surface area (Å²) >= 11 is 0. The van der Waals surface area contributed by atoms with E-state index in [9.17, 15) is 0 Å². The highest BCUT2D eigenvalue weighted by Crippen LogP contribution is 2.64. The van der Waals surface area contributed by atoms with Crippen LogP contribution < -0.4 is 4.74 Å². The minimum absolute atomic E-state index is 0.617. The van der Waals surface area contributed by atoms with Crippen LogP contribution in [0.1, 0.15) is 40.8 Å². The molecule has 0 saturated carbocycles. The number of fused-ring (bicyclic) bond motifs is 9. The Morgan fingerprint density at radius 3 is 1.61 bits per heavy atom. The maximum atomic E-state index is 7.54. The van der Waals surface area contributed by atoms with E-state index >= 15 is 0 Å². The third-order valence-corrected chi connectivity index (χ3v) is 12.4. The average molecular weight is 796 g/mol. The van der Waals surface area contributed by atoms with E-state index in [-0.39, 0.29) is 0 Å². The number of pyridine rings is 3. The lowest BCUT2D eigenvalue weighted by atomic mass is 9.65. The van der Waals surface area contributed by atoms with Crippen molar-refractivity contribution in [1.29, 1.82) is 0 Å². The normalized spacial score (nSPS) is 14.0. The van der Waals surface area contributed by atoms with Gasteiger partial charge in [-0.2, -0.15) is 0 Å². The minimum Gasteiger partial charge on any atom is -0.455 e. The van der Waals surface area contributed by atoms with Crippen LogP contribution in [-0.2, 0) is 5.41 Å². The van der Waals surface area contributed by atoms with Crippen LogP contribution in [0.2, 0.25) is 0 Å². The van der Waals surface area contributed by atoms with E-state index in [0.717, 1.165) is 91.6 Å². The van der Waals surface area contributed by atoms with Crippen molar-refractivity contribution in [3.63, 3.8) is 0 Å². The molecular formula is C56H37N5O. The summed E-state index contributed by atoms with van der Waals surface area (Å²) < 4.78 is 7.54. The number of allylic oxidation sites excluding steroid dienone is 4. The molecule has 0 amide bonds. The Bertz CT molecular complexity index is 3170. The number of aromatic nitrogens is 5. The van der Waals surface area contributed by atoms with Gasteiger partial charge in [0, 0.05) is 58.2 Å². The van der Waals surface area contributed by atoms with Gasteiger partial charge in [0.2, 0.25) is 0 Å². The number of hydrogen-bond acceptors (Lipinski definition) is 6. The summed E-state index contributed by atoms with van der Waals surface area (Å²) in [4.78, 5) is 24.8. The summed E-state index contributed by atoms with van der Waals surface area (Å²) in [5.74, 6) is 2.13. The summed E-state index contributed by atoms with van der Waals surface area (Å²) in [5, 5.41) is 0. The maximum absolute atomic E-state index is 7.54. The van der Waals surface area contributed by atoms with Crippen molar-refractivity contribution < 1.29 is 4.74 Å². The lowest BCUT2D eigenvalue weighted by molar-refractivity contribution is 0.439. The first-order valence-corrected chi connectivity index (χ1v) is 21.0. The quantitative estimate of drug-likeness (QED) is 0.167.